The van der Waals surface area contributed by atoms with Crippen LogP contribution in [-0.4, -0.2) is 30.3 Å². The first-order valence-corrected chi connectivity index (χ1v) is 7.19. The topological polar surface area (TPSA) is 29.5 Å². The predicted octanol–water partition coefficient (Wildman–Crippen LogP) is 3.03. The minimum Gasteiger partial charge on any atom is -0.456 e. The van der Waals surface area contributed by atoms with E-state index >= 15 is 0 Å². The molecular weight excluding hydrogens is 250 g/mol. The first-order chi connectivity index (χ1) is 9.78. The van der Waals surface area contributed by atoms with Gasteiger partial charge in [-0.2, -0.15) is 0 Å². The molecule has 1 aromatic rings. The quantitative estimate of drug-likeness (QED) is 0.787. The van der Waals surface area contributed by atoms with Crippen LogP contribution in [0.3, 0.4) is 0 Å². The fourth-order valence-electron chi connectivity index (χ4n) is 3.10. The molecule has 3 heteroatoms. The lowest BCUT2D eigenvalue weighted by Crippen LogP contribution is -2.35. The minimum absolute atomic E-state index is 0.258. The molecule has 3 rings (SSSR count). The Labute approximate surface area is 119 Å². The van der Waals surface area contributed by atoms with Gasteiger partial charge in [-0.05, 0) is 31.7 Å². The monoisotopic (exact) mass is 269 g/mol. The van der Waals surface area contributed by atoms with E-state index in [-0.39, 0.29) is 6.04 Å². The highest BCUT2D eigenvalue weighted by molar-refractivity contribution is 5.82. The summed E-state index contributed by atoms with van der Waals surface area (Å²) < 4.78 is 5.98. The fraction of sp³-hybridized carbons (Fsp3) is 0.353. The second-order valence-corrected chi connectivity index (χ2v) is 5.15. The number of rotatable bonds is 4. The molecule has 0 fully saturated rings. The molecule has 0 bridgehead atoms. The Bertz CT molecular complexity index is 597. The molecule has 0 amide bonds. The lowest BCUT2D eigenvalue weighted by Gasteiger charge is -2.29. The van der Waals surface area contributed by atoms with Crippen LogP contribution in [0, 0.1) is 0 Å². The SMILES string of the molecule is CCN(CC)C1CC(C=O)=C2Oc3ccccc3C=C21. The van der Waals surface area contributed by atoms with Gasteiger partial charge in [0.15, 0.2) is 0 Å². The van der Waals surface area contributed by atoms with Gasteiger partial charge in [0.1, 0.15) is 17.8 Å². The number of benzene rings is 1. The molecule has 2 aliphatic rings. The standard InChI is InChI=1S/C17H19NO2/c1-3-18(4-2)15-10-13(11-19)17-14(15)9-12-7-5-6-8-16(12)20-17/h5-9,11,15H,3-4,10H2,1-2H3. The number of aldehydes is 1. The molecule has 0 saturated heterocycles. The number of nitrogens with zero attached hydrogens (tertiary/aromatic N) is 1. The molecule has 1 aliphatic heterocycles. The Kier molecular flexibility index (Phi) is 3.45. The van der Waals surface area contributed by atoms with E-state index < -0.39 is 0 Å². The third-order valence-electron chi connectivity index (χ3n) is 4.16. The lowest BCUT2D eigenvalue weighted by atomic mass is 10.0. The van der Waals surface area contributed by atoms with Crippen molar-refractivity contribution >= 4 is 12.4 Å². The van der Waals surface area contributed by atoms with Crippen LogP contribution in [0.4, 0.5) is 0 Å². The number of fused-ring (bicyclic) bond motifs is 2. The van der Waals surface area contributed by atoms with E-state index in [0.717, 1.165) is 54.0 Å². The van der Waals surface area contributed by atoms with Crippen LogP contribution in [0.2, 0.25) is 0 Å². The van der Waals surface area contributed by atoms with Gasteiger partial charge in [-0.15, -0.1) is 0 Å². The highest BCUT2D eigenvalue weighted by Crippen LogP contribution is 2.41. The molecule has 0 N–H and O–H groups in total. The molecule has 1 atom stereocenters. The van der Waals surface area contributed by atoms with Crippen LogP contribution in [-0.2, 0) is 4.79 Å². The van der Waals surface area contributed by atoms with Gasteiger partial charge in [0, 0.05) is 22.8 Å². The third kappa shape index (κ3) is 1.98. The normalized spacial score (nSPS) is 20.4. The molecule has 104 valence electrons. The zero-order valence-corrected chi connectivity index (χ0v) is 11.9. The Hall–Kier alpha value is -1.87. The maximum Gasteiger partial charge on any atom is 0.149 e. The molecule has 3 nitrogen and oxygen atoms in total. The molecule has 1 unspecified atom stereocenters. The van der Waals surface area contributed by atoms with Crippen molar-refractivity contribution in [2.45, 2.75) is 26.3 Å². The average Bonchev–Trinajstić information content (AvgIpc) is 2.84. The van der Waals surface area contributed by atoms with E-state index in [1.54, 1.807) is 0 Å². The van der Waals surface area contributed by atoms with Gasteiger partial charge in [0.05, 0.1) is 0 Å². The highest BCUT2D eigenvalue weighted by Gasteiger charge is 2.36. The number of carbonyl (C=O) groups is 1. The van der Waals surface area contributed by atoms with Gasteiger partial charge in [-0.1, -0.05) is 32.0 Å². The number of para-hydroxylation sites is 1. The van der Waals surface area contributed by atoms with Crippen molar-refractivity contribution in [3.05, 3.63) is 46.7 Å². The largest absolute Gasteiger partial charge is 0.456 e. The summed E-state index contributed by atoms with van der Waals surface area (Å²) in [5, 5.41) is 0. The maximum atomic E-state index is 11.3. The highest BCUT2D eigenvalue weighted by atomic mass is 16.5. The van der Waals surface area contributed by atoms with E-state index in [4.69, 9.17) is 4.74 Å². The van der Waals surface area contributed by atoms with Crippen molar-refractivity contribution in [3.63, 3.8) is 0 Å². The van der Waals surface area contributed by atoms with E-state index in [0.29, 0.717) is 0 Å². The van der Waals surface area contributed by atoms with Crippen LogP contribution in [0.5, 0.6) is 5.75 Å². The van der Waals surface area contributed by atoms with Crippen LogP contribution in [0.25, 0.3) is 6.08 Å². The summed E-state index contributed by atoms with van der Waals surface area (Å²) in [5.74, 6) is 1.61. The van der Waals surface area contributed by atoms with Crippen molar-refractivity contribution in [2.75, 3.05) is 13.1 Å². The Balaban J connectivity index is 2.07. The van der Waals surface area contributed by atoms with Crippen molar-refractivity contribution in [2.24, 2.45) is 0 Å². The van der Waals surface area contributed by atoms with Crippen LogP contribution < -0.4 is 4.74 Å². The molecule has 20 heavy (non-hydrogen) atoms. The van der Waals surface area contributed by atoms with Crippen molar-refractivity contribution in [3.8, 4) is 5.75 Å². The number of likely N-dealkylation sites (N-methyl/N-ethyl adjacent to an activating group) is 1. The first-order valence-electron chi connectivity index (χ1n) is 7.19. The van der Waals surface area contributed by atoms with Crippen LogP contribution in [0.15, 0.2) is 41.2 Å². The van der Waals surface area contributed by atoms with Crippen molar-refractivity contribution in [1.82, 2.24) is 4.90 Å². The molecule has 0 spiro atoms. The van der Waals surface area contributed by atoms with Crippen molar-refractivity contribution < 1.29 is 9.53 Å². The van der Waals surface area contributed by atoms with Gasteiger partial charge in [0.2, 0.25) is 0 Å². The van der Waals surface area contributed by atoms with Gasteiger partial charge in [0.25, 0.3) is 0 Å². The molecule has 0 saturated carbocycles. The van der Waals surface area contributed by atoms with Crippen molar-refractivity contribution in [1.29, 1.82) is 0 Å². The average molecular weight is 269 g/mol. The molecule has 1 aromatic carbocycles. The number of carbonyl (C=O) groups excluding carboxylic acids is 1. The van der Waals surface area contributed by atoms with Gasteiger partial charge in [-0.3, -0.25) is 9.69 Å². The number of ether oxygens (including phenoxy) is 1. The Morgan fingerprint density at radius 1 is 1.30 bits per heavy atom. The third-order valence-corrected chi connectivity index (χ3v) is 4.16. The summed E-state index contributed by atoms with van der Waals surface area (Å²) in [5.41, 5.74) is 3.02. The first kappa shape index (κ1) is 13.1. The maximum absolute atomic E-state index is 11.3. The molecular formula is C17H19NO2. The Morgan fingerprint density at radius 3 is 2.75 bits per heavy atom. The van der Waals surface area contributed by atoms with Crippen LogP contribution >= 0.6 is 0 Å². The molecule has 0 aromatic heterocycles. The minimum atomic E-state index is 0.258. The Morgan fingerprint density at radius 2 is 2.05 bits per heavy atom. The molecule has 1 aliphatic carbocycles. The smallest absolute Gasteiger partial charge is 0.149 e. The lowest BCUT2D eigenvalue weighted by molar-refractivity contribution is -0.105. The molecule has 1 heterocycles. The second kappa shape index (κ2) is 5.25. The van der Waals surface area contributed by atoms with E-state index in [1.165, 1.54) is 0 Å². The van der Waals surface area contributed by atoms with Gasteiger partial charge in [-0.25, -0.2) is 0 Å². The number of hydrogen-bond acceptors (Lipinski definition) is 3. The second-order valence-electron chi connectivity index (χ2n) is 5.15. The summed E-state index contributed by atoms with van der Waals surface area (Å²) in [6.07, 6.45) is 3.87. The fourth-order valence-corrected chi connectivity index (χ4v) is 3.10. The summed E-state index contributed by atoms with van der Waals surface area (Å²) in [6, 6.07) is 8.22. The predicted molar refractivity (Wildman–Crippen MR) is 79.5 cm³/mol. The zero-order valence-electron chi connectivity index (χ0n) is 11.9. The molecule has 0 radical (unpaired) electrons. The number of hydrogen-bond donors (Lipinski definition) is 0. The summed E-state index contributed by atoms with van der Waals surface area (Å²) in [7, 11) is 0. The summed E-state index contributed by atoms with van der Waals surface area (Å²) >= 11 is 0. The zero-order chi connectivity index (χ0) is 14.1. The van der Waals surface area contributed by atoms with E-state index in [1.807, 2.05) is 18.2 Å². The summed E-state index contributed by atoms with van der Waals surface area (Å²) in [4.78, 5) is 13.7. The summed E-state index contributed by atoms with van der Waals surface area (Å²) in [6.45, 7) is 6.25. The van der Waals surface area contributed by atoms with Gasteiger partial charge >= 0.3 is 0 Å². The van der Waals surface area contributed by atoms with Gasteiger partial charge < -0.3 is 4.74 Å². The van der Waals surface area contributed by atoms with E-state index in [9.17, 15) is 4.79 Å². The van der Waals surface area contributed by atoms with Crippen LogP contribution in [0.1, 0.15) is 25.8 Å². The van der Waals surface area contributed by atoms with E-state index in [2.05, 4.69) is 30.9 Å².